The van der Waals surface area contributed by atoms with E-state index in [1.807, 2.05) is 48.7 Å². The van der Waals surface area contributed by atoms with Gasteiger partial charge in [-0.1, -0.05) is 11.8 Å². The number of fused-ring (bicyclic) bond motifs is 1. The van der Waals surface area contributed by atoms with Crippen molar-refractivity contribution in [3.8, 4) is 5.75 Å². The molecule has 0 aliphatic heterocycles. The quantitative estimate of drug-likeness (QED) is 0.738. The highest BCUT2D eigenvalue weighted by molar-refractivity contribution is 7.99. The van der Waals surface area contributed by atoms with Gasteiger partial charge in [0.15, 0.2) is 0 Å². The van der Waals surface area contributed by atoms with Crippen LogP contribution in [-0.2, 0) is 0 Å². The smallest absolute Gasteiger partial charge is 0.118 e. The highest BCUT2D eigenvalue weighted by Gasteiger charge is 2.06. The van der Waals surface area contributed by atoms with Crippen LogP contribution < -0.4 is 10.5 Å². The van der Waals surface area contributed by atoms with E-state index in [1.54, 1.807) is 25.1 Å². The number of nitrogen functional groups attached to an aromatic ring is 1. The van der Waals surface area contributed by atoms with E-state index in [1.165, 1.54) is 4.90 Å². The number of pyridine rings is 1. The molecule has 0 aliphatic rings. The second kappa shape index (κ2) is 5.43. The van der Waals surface area contributed by atoms with Crippen molar-refractivity contribution in [2.75, 3.05) is 12.8 Å². The molecule has 20 heavy (non-hydrogen) atoms. The van der Waals surface area contributed by atoms with Gasteiger partial charge in [0.05, 0.1) is 7.11 Å². The van der Waals surface area contributed by atoms with Gasteiger partial charge in [-0.3, -0.25) is 4.98 Å². The molecule has 4 heteroatoms. The zero-order chi connectivity index (χ0) is 13.9. The van der Waals surface area contributed by atoms with E-state index in [0.29, 0.717) is 0 Å². The second-order valence-electron chi connectivity index (χ2n) is 4.35. The van der Waals surface area contributed by atoms with Crippen LogP contribution >= 0.6 is 11.8 Å². The zero-order valence-corrected chi connectivity index (χ0v) is 11.9. The van der Waals surface area contributed by atoms with Crippen molar-refractivity contribution in [2.45, 2.75) is 9.79 Å². The number of benzene rings is 2. The van der Waals surface area contributed by atoms with Gasteiger partial charge in [0.2, 0.25) is 0 Å². The van der Waals surface area contributed by atoms with Crippen LogP contribution in [0.1, 0.15) is 0 Å². The number of aromatic nitrogens is 1. The lowest BCUT2D eigenvalue weighted by Crippen LogP contribution is -1.89. The van der Waals surface area contributed by atoms with Gasteiger partial charge in [-0.2, -0.15) is 0 Å². The summed E-state index contributed by atoms with van der Waals surface area (Å²) in [6, 6.07) is 14.0. The molecule has 0 unspecified atom stereocenters. The lowest BCUT2D eigenvalue weighted by molar-refractivity contribution is 0.414. The van der Waals surface area contributed by atoms with E-state index in [4.69, 9.17) is 10.5 Å². The van der Waals surface area contributed by atoms with Gasteiger partial charge in [-0.15, -0.1) is 0 Å². The van der Waals surface area contributed by atoms with Crippen LogP contribution in [0, 0.1) is 0 Å². The maximum absolute atomic E-state index is 5.99. The summed E-state index contributed by atoms with van der Waals surface area (Å²) in [6.45, 7) is 0. The summed E-state index contributed by atoms with van der Waals surface area (Å²) in [7, 11) is 1.67. The van der Waals surface area contributed by atoms with Crippen molar-refractivity contribution >= 4 is 28.2 Å². The van der Waals surface area contributed by atoms with Crippen molar-refractivity contribution in [3.63, 3.8) is 0 Å². The molecule has 1 aromatic heterocycles. The van der Waals surface area contributed by atoms with Crippen LogP contribution in [-0.4, -0.2) is 12.1 Å². The van der Waals surface area contributed by atoms with Crippen LogP contribution in [0.3, 0.4) is 0 Å². The van der Waals surface area contributed by atoms with Crippen LogP contribution in [0.5, 0.6) is 5.75 Å². The van der Waals surface area contributed by atoms with E-state index in [2.05, 4.69) is 4.98 Å². The Hall–Kier alpha value is -2.20. The summed E-state index contributed by atoms with van der Waals surface area (Å²) in [6.07, 6.45) is 3.60. The molecule has 0 saturated carbocycles. The molecule has 2 aromatic carbocycles. The molecular weight excluding hydrogens is 268 g/mol. The number of nitrogens with zero attached hydrogens (tertiary/aromatic N) is 1. The molecule has 0 aliphatic carbocycles. The van der Waals surface area contributed by atoms with Crippen molar-refractivity contribution in [3.05, 3.63) is 54.9 Å². The number of ether oxygens (including phenoxy) is 1. The summed E-state index contributed by atoms with van der Waals surface area (Å²) in [5.41, 5.74) is 6.75. The van der Waals surface area contributed by atoms with E-state index < -0.39 is 0 Å². The first-order chi connectivity index (χ1) is 9.78. The molecule has 0 fully saturated rings. The number of methoxy groups -OCH3 is 1. The maximum Gasteiger partial charge on any atom is 0.118 e. The molecule has 0 radical (unpaired) electrons. The molecule has 2 N–H and O–H groups in total. The first-order valence-electron chi connectivity index (χ1n) is 6.22. The number of anilines is 1. The first-order valence-corrected chi connectivity index (χ1v) is 7.03. The van der Waals surface area contributed by atoms with Gasteiger partial charge >= 0.3 is 0 Å². The number of hydrogen-bond acceptors (Lipinski definition) is 4. The Kier molecular flexibility index (Phi) is 3.48. The van der Waals surface area contributed by atoms with Gasteiger partial charge in [-0.05, 0) is 42.5 Å². The molecule has 0 spiro atoms. The Morgan fingerprint density at radius 3 is 2.55 bits per heavy atom. The van der Waals surface area contributed by atoms with Gasteiger partial charge < -0.3 is 10.5 Å². The summed E-state index contributed by atoms with van der Waals surface area (Å²) in [5, 5.41) is 2.12. The minimum atomic E-state index is 0.757. The van der Waals surface area contributed by atoms with E-state index >= 15 is 0 Å². The van der Waals surface area contributed by atoms with E-state index in [-0.39, 0.29) is 0 Å². The molecule has 1 heterocycles. The van der Waals surface area contributed by atoms with E-state index in [9.17, 15) is 0 Å². The zero-order valence-electron chi connectivity index (χ0n) is 11.0. The van der Waals surface area contributed by atoms with Crippen LogP contribution in [0.25, 0.3) is 10.8 Å². The molecule has 0 amide bonds. The highest BCUT2D eigenvalue weighted by Crippen LogP contribution is 2.35. The average molecular weight is 282 g/mol. The summed E-state index contributed by atoms with van der Waals surface area (Å²) in [4.78, 5) is 6.47. The standard InChI is InChI=1S/C16H14N2OS/c1-19-11-2-4-12(5-3-11)20-16-7-6-15(17)14-10-18-9-8-13(14)16/h2-10H,17H2,1H3. The van der Waals surface area contributed by atoms with Crippen molar-refractivity contribution in [2.24, 2.45) is 0 Å². The third-order valence-electron chi connectivity index (χ3n) is 3.10. The fraction of sp³-hybridized carbons (Fsp3) is 0.0625. The Morgan fingerprint density at radius 2 is 1.80 bits per heavy atom. The maximum atomic E-state index is 5.99. The van der Waals surface area contributed by atoms with Crippen molar-refractivity contribution < 1.29 is 4.74 Å². The van der Waals surface area contributed by atoms with Crippen LogP contribution in [0.2, 0.25) is 0 Å². The van der Waals surface area contributed by atoms with Crippen LogP contribution in [0.15, 0.2) is 64.6 Å². The van der Waals surface area contributed by atoms with E-state index in [0.717, 1.165) is 27.1 Å². The summed E-state index contributed by atoms with van der Waals surface area (Å²) < 4.78 is 5.17. The highest BCUT2D eigenvalue weighted by atomic mass is 32.2. The predicted octanol–water partition coefficient (Wildman–Crippen LogP) is 3.98. The Balaban J connectivity index is 2.00. The molecule has 0 bridgehead atoms. The number of nitrogens with two attached hydrogens (primary N) is 1. The first kappa shape index (κ1) is 12.8. The Bertz CT molecular complexity index is 741. The predicted molar refractivity (Wildman–Crippen MR) is 83.3 cm³/mol. The molecular formula is C16H14N2OS. The third-order valence-corrected chi connectivity index (χ3v) is 4.18. The Morgan fingerprint density at radius 1 is 1.00 bits per heavy atom. The average Bonchev–Trinajstić information content (AvgIpc) is 2.51. The summed E-state index contributed by atoms with van der Waals surface area (Å²) >= 11 is 1.71. The van der Waals surface area contributed by atoms with Gasteiger partial charge in [-0.25, -0.2) is 0 Å². The fourth-order valence-electron chi connectivity index (χ4n) is 2.04. The minimum Gasteiger partial charge on any atom is -0.497 e. The summed E-state index contributed by atoms with van der Waals surface area (Å²) in [5.74, 6) is 0.862. The van der Waals surface area contributed by atoms with Crippen molar-refractivity contribution in [1.82, 2.24) is 4.98 Å². The topological polar surface area (TPSA) is 48.1 Å². The fourth-order valence-corrected chi connectivity index (χ4v) is 2.99. The SMILES string of the molecule is COc1ccc(Sc2ccc(N)c3cnccc23)cc1. The normalized spacial score (nSPS) is 10.7. The van der Waals surface area contributed by atoms with Gasteiger partial charge in [0, 0.05) is 38.6 Å². The molecule has 0 atom stereocenters. The molecule has 3 nitrogen and oxygen atoms in total. The number of rotatable bonds is 3. The van der Waals surface area contributed by atoms with Gasteiger partial charge in [0.1, 0.15) is 5.75 Å². The molecule has 3 rings (SSSR count). The van der Waals surface area contributed by atoms with Crippen molar-refractivity contribution in [1.29, 1.82) is 0 Å². The largest absolute Gasteiger partial charge is 0.497 e. The number of hydrogen-bond donors (Lipinski definition) is 1. The molecule has 0 saturated heterocycles. The minimum absolute atomic E-state index is 0.757. The Labute approximate surface area is 121 Å². The second-order valence-corrected chi connectivity index (χ2v) is 5.47. The molecule has 100 valence electrons. The lowest BCUT2D eigenvalue weighted by atomic mass is 10.1. The third kappa shape index (κ3) is 2.42. The monoisotopic (exact) mass is 282 g/mol. The lowest BCUT2D eigenvalue weighted by Gasteiger charge is -2.08. The van der Waals surface area contributed by atoms with Gasteiger partial charge in [0.25, 0.3) is 0 Å². The van der Waals surface area contributed by atoms with Crippen LogP contribution in [0.4, 0.5) is 5.69 Å². The molecule has 3 aromatic rings.